The van der Waals surface area contributed by atoms with Gasteiger partial charge >= 0.3 is 0 Å². The highest BCUT2D eigenvalue weighted by Gasteiger charge is 2.42. The summed E-state index contributed by atoms with van der Waals surface area (Å²) in [4.78, 5) is 19.7. The Kier molecular flexibility index (Phi) is 7.16. The molecule has 0 atom stereocenters. The van der Waals surface area contributed by atoms with Gasteiger partial charge < -0.3 is 9.80 Å². The molecule has 39 heavy (non-hydrogen) atoms. The molecule has 1 saturated heterocycles. The van der Waals surface area contributed by atoms with E-state index in [1.165, 1.54) is 4.70 Å². The first kappa shape index (κ1) is 26.3. The van der Waals surface area contributed by atoms with Crippen molar-refractivity contribution in [1.82, 2.24) is 24.5 Å². The van der Waals surface area contributed by atoms with Crippen LogP contribution < -0.4 is 0 Å². The second-order valence-electron chi connectivity index (χ2n) is 11.1. The Morgan fingerprint density at radius 1 is 1.05 bits per heavy atom. The van der Waals surface area contributed by atoms with Crippen LogP contribution in [0.25, 0.3) is 21.0 Å². The van der Waals surface area contributed by atoms with Crippen molar-refractivity contribution in [2.24, 2.45) is 0 Å². The summed E-state index contributed by atoms with van der Waals surface area (Å²) in [7, 11) is 3.90. The fourth-order valence-corrected chi connectivity index (χ4v) is 7.39. The summed E-state index contributed by atoms with van der Waals surface area (Å²) in [6.45, 7) is 2.85. The third-order valence-electron chi connectivity index (χ3n) is 8.87. The largest absolute Gasteiger partial charge is 0.335 e. The molecule has 2 aliphatic rings. The smallest absolute Gasteiger partial charge is 0.275 e. The van der Waals surface area contributed by atoms with Gasteiger partial charge in [0.15, 0.2) is 5.69 Å². The number of likely N-dealkylation sites (N-methyl/N-ethyl adjacent to an activating group) is 1. The predicted octanol–water partition coefficient (Wildman–Crippen LogP) is 5.85. The lowest BCUT2D eigenvalue weighted by Gasteiger charge is -2.47. The normalized spacial score (nSPS) is 22.9. The highest BCUT2D eigenvalue weighted by molar-refractivity contribution is 7.17. The molecule has 4 aromatic rings. The van der Waals surface area contributed by atoms with Crippen LogP contribution in [-0.2, 0) is 5.54 Å². The molecule has 1 saturated carbocycles. The number of carbonyl (C=O) groups is 1. The number of nitrogens with zero attached hydrogens (tertiary/aromatic N) is 5. The molecule has 2 aromatic carbocycles. The van der Waals surface area contributed by atoms with Crippen molar-refractivity contribution in [3.8, 4) is 0 Å². The van der Waals surface area contributed by atoms with Gasteiger partial charge in [0.05, 0.1) is 18.1 Å². The number of fused-ring (bicyclic) bond motifs is 3. The van der Waals surface area contributed by atoms with Gasteiger partial charge in [-0.05, 0) is 68.9 Å². The number of thiophene rings is 1. The van der Waals surface area contributed by atoms with Crippen molar-refractivity contribution < 1.29 is 13.6 Å². The van der Waals surface area contributed by atoms with Crippen LogP contribution in [-0.4, -0.2) is 83.6 Å². The first-order valence-corrected chi connectivity index (χ1v) is 14.7. The number of carbonyl (C=O) groups excluding carboxylic acids is 1. The predicted molar refractivity (Wildman–Crippen MR) is 153 cm³/mol. The minimum atomic E-state index is -2.39. The standard InChI is InChI=1S/C30H35F2N5OS/c1-34-15-17-36(18-16-34)29(38)27-24-8-9-25-23(12-19-39-25)28(24)37(33-27)22-10-13-30(14-11-22,35(2)20-26(31)32)21-6-4-3-5-7-21/h3-9,12,19,22,26H,10-11,13-18,20H2,1-2H3. The van der Waals surface area contributed by atoms with Gasteiger partial charge in [0.1, 0.15) is 0 Å². The van der Waals surface area contributed by atoms with Gasteiger partial charge in [0.25, 0.3) is 12.3 Å². The number of amides is 1. The summed E-state index contributed by atoms with van der Waals surface area (Å²) in [5.41, 5.74) is 2.18. The third-order valence-corrected chi connectivity index (χ3v) is 9.76. The molecule has 206 valence electrons. The summed E-state index contributed by atoms with van der Waals surface area (Å²) >= 11 is 1.69. The zero-order chi connectivity index (χ0) is 27.1. The number of halogens is 2. The van der Waals surface area contributed by atoms with Crippen LogP contribution in [0.4, 0.5) is 8.78 Å². The van der Waals surface area contributed by atoms with Crippen molar-refractivity contribution in [3.05, 3.63) is 65.2 Å². The van der Waals surface area contributed by atoms with E-state index in [0.717, 1.165) is 60.6 Å². The number of benzene rings is 2. The molecule has 3 heterocycles. The van der Waals surface area contributed by atoms with Crippen molar-refractivity contribution in [2.45, 2.75) is 43.7 Å². The van der Waals surface area contributed by atoms with Crippen molar-refractivity contribution in [3.63, 3.8) is 0 Å². The van der Waals surface area contributed by atoms with Crippen LogP contribution in [0.5, 0.6) is 0 Å². The molecular weight excluding hydrogens is 516 g/mol. The van der Waals surface area contributed by atoms with Crippen molar-refractivity contribution in [2.75, 3.05) is 46.8 Å². The van der Waals surface area contributed by atoms with E-state index in [0.29, 0.717) is 18.8 Å². The molecule has 6 rings (SSSR count). The van der Waals surface area contributed by atoms with Gasteiger partial charge in [-0.25, -0.2) is 8.78 Å². The fourth-order valence-electron chi connectivity index (χ4n) is 6.61. The number of rotatable bonds is 6. The van der Waals surface area contributed by atoms with Crippen LogP contribution in [0, 0.1) is 0 Å². The number of alkyl halides is 2. The number of hydrogen-bond donors (Lipinski definition) is 0. The van der Waals surface area contributed by atoms with Gasteiger partial charge in [-0.3, -0.25) is 14.4 Å². The summed E-state index contributed by atoms with van der Waals surface area (Å²) < 4.78 is 30.3. The van der Waals surface area contributed by atoms with E-state index in [4.69, 9.17) is 5.10 Å². The zero-order valence-corrected chi connectivity index (χ0v) is 23.3. The fraction of sp³-hybridized carbons (Fsp3) is 0.467. The van der Waals surface area contributed by atoms with Gasteiger partial charge in [0.2, 0.25) is 0 Å². The summed E-state index contributed by atoms with van der Waals surface area (Å²) in [5, 5.41) is 9.15. The second-order valence-corrected chi connectivity index (χ2v) is 12.0. The Labute approximate surface area is 231 Å². The Hall–Kier alpha value is -2.88. The molecule has 0 N–H and O–H groups in total. The summed E-state index contributed by atoms with van der Waals surface area (Å²) in [6.07, 6.45) is 0.684. The Morgan fingerprint density at radius 3 is 2.46 bits per heavy atom. The maximum Gasteiger partial charge on any atom is 0.275 e. The maximum absolute atomic E-state index is 13.7. The average Bonchev–Trinajstić information content (AvgIpc) is 3.58. The minimum Gasteiger partial charge on any atom is -0.335 e. The Morgan fingerprint density at radius 2 is 1.77 bits per heavy atom. The van der Waals surface area contributed by atoms with E-state index in [1.807, 2.05) is 35.0 Å². The van der Waals surface area contributed by atoms with Crippen LogP contribution >= 0.6 is 11.3 Å². The maximum atomic E-state index is 13.7. The molecule has 6 nitrogen and oxygen atoms in total. The van der Waals surface area contributed by atoms with E-state index in [1.54, 1.807) is 11.3 Å². The monoisotopic (exact) mass is 551 g/mol. The van der Waals surface area contributed by atoms with Crippen LogP contribution in [0.1, 0.15) is 47.8 Å². The molecule has 0 unspecified atom stereocenters. The molecule has 1 aliphatic heterocycles. The summed E-state index contributed by atoms with van der Waals surface area (Å²) in [6, 6.07) is 16.4. The van der Waals surface area contributed by atoms with Crippen molar-refractivity contribution >= 4 is 38.2 Å². The van der Waals surface area contributed by atoms with Crippen LogP contribution in [0.15, 0.2) is 53.9 Å². The molecule has 1 amide bonds. The Bertz CT molecular complexity index is 1450. The number of hydrogen-bond acceptors (Lipinski definition) is 5. The first-order chi connectivity index (χ1) is 18.9. The first-order valence-electron chi connectivity index (χ1n) is 13.8. The molecule has 0 spiro atoms. The molecular formula is C30H35F2N5OS. The van der Waals surface area contributed by atoms with E-state index < -0.39 is 12.0 Å². The van der Waals surface area contributed by atoms with Gasteiger partial charge in [-0.2, -0.15) is 5.10 Å². The van der Waals surface area contributed by atoms with Gasteiger partial charge in [0, 0.05) is 47.2 Å². The highest BCUT2D eigenvalue weighted by atomic mass is 32.1. The van der Waals surface area contributed by atoms with E-state index in [-0.39, 0.29) is 18.5 Å². The average molecular weight is 552 g/mol. The quantitative estimate of drug-likeness (QED) is 0.302. The minimum absolute atomic E-state index is 0.00691. The van der Waals surface area contributed by atoms with Crippen molar-refractivity contribution in [1.29, 1.82) is 0 Å². The number of piperazine rings is 1. The molecule has 0 bridgehead atoms. The second kappa shape index (κ2) is 10.6. The lowest BCUT2D eigenvalue weighted by Crippen LogP contribution is -2.48. The summed E-state index contributed by atoms with van der Waals surface area (Å²) in [5.74, 6) is -0.00691. The molecule has 2 aromatic heterocycles. The molecule has 2 fully saturated rings. The Balaban J connectivity index is 1.36. The third kappa shape index (κ3) is 4.74. The highest BCUT2D eigenvalue weighted by Crippen LogP contribution is 2.46. The van der Waals surface area contributed by atoms with E-state index in [2.05, 4.69) is 52.3 Å². The van der Waals surface area contributed by atoms with E-state index in [9.17, 15) is 13.6 Å². The lowest BCUT2D eigenvalue weighted by molar-refractivity contribution is 0.00553. The molecule has 0 radical (unpaired) electrons. The van der Waals surface area contributed by atoms with Gasteiger partial charge in [-0.1, -0.05) is 30.3 Å². The number of aromatic nitrogens is 2. The lowest BCUT2D eigenvalue weighted by atomic mass is 9.73. The zero-order valence-electron chi connectivity index (χ0n) is 22.5. The molecule has 1 aliphatic carbocycles. The van der Waals surface area contributed by atoms with E-state index >= 15 is 0 Å². The van der Waals surface area contributed by atoms with Crippen LogP contribution in [0.2, 0.25) is 0 Å². The SMILES string of the molecule is CN1CCN(C(=O)c2nn(C3CCC(c4ccccc4)(N(C)CC(F)F)CC3)c3c2ccc2sccc23)CC1. The molecule has 9 heteroatoms. The van der Waals surface area contributed by atoms with Crippen LogP contribution in [0.3, 0.4) is 0 Å². The topological polar surface area (TPSA) is 44.6 Å². The van der Waals surface area contributed by atoms with Gasteiger partial charge in [-0.15, -0.1) is 11.3 Å².